The number of hydrogen-bond donors (Lipinski definition) is 1. The molecule has 1 aliphatic heterocycles. The normalized spacial score (nSPS) is 14.3. The summed E-state index contributed by atoms with van der Waals surface area (Å²) in [5.41, 5.74) is 3.41. The van der Waals surface area contributed by atoms with Crippen LogP contribution in [0.4, 0.5) is 5.82 Å². The Morgan fingerprint density at radius 2 is 2.04 bits per heavy atom. The first-order chi connectivity index (χ1) is 13.0. The van der Waals surface area contributed by atoms with Gasteiger partial charge in [-0.05, 0) is 54.8 Å². The van der Waals surface area contributed by atoms with Crippen LogP contribution in [-0.4, -0.2) is 42.9 Å². The molecule has 27 heavy (non-hydrogen) atoms. The number of pyridine rings is 1. The van der Waals surface area contributed by atoms with Gasteiger partial charge in [-0.25, -0.2) is 4.98 Å². The number of aryl methyl sites for hydroxylation is 2. The molecule has 7 heteroatoms. The van der Waals surface area contributed by atoms with Crippen molar-refractivity contribution in [1.82, 2.24) is 10.3 Å². The standard InChI is InChI=1S/C20H24BrN3O2S/c1-14-10-18(15(2)9-17(14)21)27-13-20(25)23-12-16-3-4-22-19(11-16)24-5-7-26-8-6-24/h3-4,9-11H,5-8,12-13H2,1-2H3,(H,23,25). The molecule has 1 saturated heterocycles. The minimum absolute atomic E-state index is 0.0321. The third-order valence-corrected chi connectivity index (χ3v) is 6.46. The Labute approximate surface area is 173 Å². The molecule has 1 amide bonds. The average Bonchev–Trinajstić information content (AvgIpc) is 2.69. The predicted octanol–water partition coefficient (Wildman–Crippen LogP) is 3.71. The van der Waals surface area contributed by atoms with Gasteiger partial charge >= 0.3 is 0 Å². The topological polar surface area (TPSA) is 54.5 Å². The van der Waals surface area contributed by atoms with Gasteiger partial charge in [-0.1, -0.05) is 15.9 Å². The molecule has 2 aromatic rings. The Hall–Kier alpha value is -1.57. The van der Waals surface area contributed by atoms with Crippen LogP contribution in [0.1, 0.15) is 16.7 Å². The summed E-state index contributed by atoms with van der Waals surface area (Å²) in [4.78, 5) is 20.1. The third-order valence-electron chi connectivity index (χ3n) is 4.45. The highest BCUT2D eigenvalue weighted by Crippen LogP contribution is 2.28. The number of morpholine rings is 1. The quantitative estimate of drug-likeness (QED) is 0.681. The highest BCUT2D eigenvalue weighted by atomic mass is 79.9. The van der Waals surface area contributed by atoms with Crippen molar-refractivity contribution in [2.24, 2.45) is 0 Å². The van der Waals surface area contributed by atoms with Crippen molar-refractivity contribution in [3.63, 3.8) is 0 Å². The molecule has 0 aliphatic carbocycles. The van der Waals surface area contributed by atoms with Gasteiger partial charge < -0.3 is 15.0 Å². The van der Waals surface area contributed by atoms with Gasteiger partial charge in [0.1, 0.15) is 5.82 Å². The minimum Gasteiger partial charge on any atom is -0.378 e. The van der Waals surface area contributed by atoms with E-state index in [1.165, 1.54) is 11.1 Å². The number of halogens is 1. The third kappa shape index (κ3) is 5.70. The van der Waals surface area contributed by atoms with Gasteiger partial charge in [-0.2, -0.15) is 0 Å². The SMILES string of the molecule is Cc1cc(SCC(=O)NCc2ccnc(N3CCOCC3)c2)c(C)cc1Br. The number of carbonyl (C=O) groups excluding carboxylic acids is 1. The second-order valence-electron chi connectivity index (χ2n) is 6.55. The van der Waals surface area contributed by atoms with Gasteiger partial charge in [0.25, 0.3) is 0 Å². The molecule has 0 radical (unpaired) electrons. The van der Waals surface area contributed by atoms with Crippen LogP contribution >= 0.6 is 27.7 Å². The lowest BCUT2D eigenvalue weighted by Crippen LogP contribution is -2.36. The number of aromatic nitrogens is 1. The fourth-order valence-electron chi connectivity index (χ4n) is 2.84. The van der Waals surface area contributed by atoms with Crippen molar-refractivity contribution in [3.8, 4) is 0 Å². The number of anilines is 1. The summed E-state index contributed by atoms with van der Waals surface area (Å²) in [7, 11) is 0. The first kappa shape index (κ1) is 20.2. The highest BCUT2D eigenvalue weighted by molar-refractivity contribution is 9.10. The van der Waals surface area contributed by atoms with E-state index >= 15 is 0 Å². The summed E-state index contributed by atoms with van der Waals surface area (Å²) >= 11 is 5.11. The van der Waals surface area contributed by atoms with E-state index in [1.807, 2.05) is 12.1 Å². The van der Waals surface area contributed by atoms with Crippen LogP contribution in [0.15, 0.2) is 39.8 Å². The highest BCUT2D eigenvalue weighted by Gasteiger charge is 2.13. The Kier molecular flexibility index (Phi) is 7.15. The first-order valence-electron chi connectivity index (χ1n) is 8.97. The van der Waals surface area contributed by atoms with E-state index in [4.69, 9.17) is 4.74 Å². The van der Waals surface area contributed by atoms with E-state index in [0.717, 1.165) is 47.1 Å². The smallest absolute Gasteiger partial charge is 0.230 e. The van der Waals surface area contributed by atoms with Gasteiger partial charge in [0, 0.05) is 35.2 Å². The summed E-state index contributed by atoms with van der Waals surface area (Å²) < 4.78 is 6.48. The summed E-state index contributed by atoms with van der Waals surface area (Å²) in [6.07, 6.45) is 1.80. The molecular formula is C20H24BrN3O2S. The van der Waals surface area contributed by atoms with Crippen LogP contribution in [0, 0.1) is 13.8 Å². The minimum atomic E-state index is 0.0321. The molecule has 5 nitrogen and oxygen atoms in total. The van der Waals surface area contributed by atoms with Crippen molar-refractivity contribution in [2.75, 3.05) is 37.0 Å². The largest absolute Gasteiger partial charge is 0.378 e. The Bertz CT molecular complexity index is 810. The van der Waals surface area contributed by atoms with E-state index in [-0.39, 0.29) is 5.91 Å². The van der Waals surface area contributed by atoms with Gasteiger partial charge in [0.2, 0.25) is 5.91 Å². The molecule has 1 aromatic heterocycles. The fourth-order valence-corrected chi connectivity index (χ4v) is 4.23. The molecular weight excluding hydrogens is 426 g/mol. The molecule has 0 bridgehead atoms. The van der Waals surface area contributed by atoms with Crippen LogP contribution in [0.2, 0.25) is 0 Å². The van der Waals surface area contributed by atoms with Crippen LogP contribution in [0.3, 0.4) is 0 Å². The zero-order chi connectivity index (χ0) is 19.2. The van der Waals surface area contributed by atoms with Crippen LogP contribution < -0.4 is 10.2 Å². The van der Waals surface area contributed by atoms with Crippen LogP contribution in [0.25, 0.3) is 0 Å². The fraction of sp³-hybridized carbons (Fsp3) is 0.400. The zero-order valence-corrected chi connectivity index (χ0v) is 18.0. The summed E-state index contributed by atoms with van der Waals surface area (Å²) in [6.45, 7) is 7.80. The molecule has 3 rings (SSSR count). The molecule has 1 fully saturated rings. The monoisotopic (exact) mass is 449 g/mol. The molecule has 1 N–H and O–H groups in total. The number of benzene rings is 1. The van der Waals surface area contributed by atoms with Crippen molar-refractivity contribution in [3.05, 3.63) is 51.6 Å². The zero-order valence-electron chi connectivity index (χ0n) is 15.6. The van der Waals surface area contributed by atoms with E-state index < -0.39 is 0 Å². The van der Waals surface area contributed by atoms with Crippen LogP contribution in [-0.2, 0) is 16.1 Å². The van der Waals surface area contributed by atoms with E-state index in [0.29, 0.717) is 12.3 Å². The second-order valence-corrected chi connectivity index (χ2v) is 8.43. The number of nitrogens with one attached hydrogen (secondary N) is 1. The molecule has 0 spiro atoms. The average molecular weight is 450 g/mol. The summed E-state index contributed by atoms with van der Waals surface area (Å²) in [5.74, 6) is 1.38. The summed E-state index contributed by atoms with van der Waals surface area (Å²) in [5, 5.41) is 3.00. The molecule has 2 heterocycles. The summed E-state index contributed by atoms with van der Waals surface area (Å²) in [6, 6.07) is 8.20. The molecule has 0 unspecified atom stereocenters. The number of rotatable bonds is 6. The van der Waals surface area contributed by atoms with Crippen molar-refractivity contribution < 1.29 is 9.53 Å². The number of hydrogen-bond acceptors (Lipinski definition) is 5. The Balaban J connectivity index is 1.51. The number of thioether (sulfide) groups is 1. The lowest BCUT2D eigenvalue weighted by Gasteiger charge is -2.28. The van der Waals surface area contributed by atoms with Crippen molar-refractivity contribution in [1.29, 1.82) is 0 Å². The maximum absolute atomic E-state index is 12.3. The van der Waals surface area contributed by atoms with E-state index in [1.54, 1.807) is 18.0 Å². The van der Waals surface area contributed by atoms with Gasteiger partial charge in [0.05, 0.1) is 19.0 Å². The molecule has 0 saturated carbocycles. The number of nitrogens with zero attached hydrogens (tertiary/aromatic N) is 2. The van der Waals surface area contributed by atoms with Gasteiger partial charge in [0.15, 0.2) is 0 Å². The van der Waals surface area contributed by atoms with Crippen molar-refractivity contribution >= 4 is 39.4 Å². The number of ether oxygens (including phenoxy) is 1. The lowest BCUT2D eigenvalue weighted by atomic mass is 10.2. The Morgan fingerprint density at radius 3 is 2.81 bits per heavy atom. The Morgan fingerprint density at radius 1 is 1.26 bits per heavy atom. The van der Waals surface area contributed by atoms with E-state index in [2.05, 4.69) is 57.1 Å². The number of amides is 1. The second kappa shape index (κ2) is 9.57. The van der Waals surface area contributed by atoms with Gasteiger partial charge in [-0.15, -0.1) is 11.8 Å². The first-order valence-corrected chi connectivity index (χ1v) is 10.7. The molecule has 144 valence electrons. The van der Waals surface area contributed by atoms with Gasteiger partial charge in [-0.3, -0.25) is 4.79 Å². The molecule has 1 aliphatic rings. The lowest BCUT2D eigenvalue weighted by molar-refractivity contribution is -0.118. The molecule has 0 atom stereocenters. The predicted molar refractivity (Wildman–Crippen MR) is 113 cm³/mol. The maximum atomic E-state index is 12.3. The maximum Gasteiger partial charge on any atom is 0.230 e. The van der Waals surface area contributed by atoms with E-state index in [9.17, 15) is 4.79 Å². The molecule has 1 aromatic carbocycles. The number of carbonyl (C=O) groups is 1. The van der Waals surface area contributed by atoms with Crippen molar-refractivity contribution in [2.45, 2.75) is 25.3 Å². The van der Waals surface area contributed by atoms with Crippen LogP contribution in [0.5, 0.6) is 0 Å².